The van der Waals surface area contributed by atoms with E-state index in [1.807, 2.05) is 6.07 Å². The summed E-state index contributed by atoms with van der Waals surface area (Å²) in [5, 5.41) is 27.2. The first-order chi connectivity index (χ1) is 11.1. The van der Waals surface area contributed by atoms with Crippen LogP contribution in [0.25, 0.3) is 0 Å². The molecule has 0 radical (unpaired) electrons. The van der Waals surface area contributed by atoms with Crippen LogP contribution >= 0.6 is 0 Å². The highest BCUT2D eigenvalue weighted by Crippen LogP contribution is 2.33. The molecule has 0 saturated heterocycles. The fraction of sp³-hybridized carbons (Fsp3) is 0.357. The molecule has 4 N–H and O–H groups in total. The molecule has 0 amide bonds. The molecule has 3 rings (SSSR count). The minimum atomic E-state index is -1.09. The third kappa shape index (κ3) is 3.20. The van der Waals surface area contributed by atoms with E-state index in [1.165, 1.54) is 0 Å². The summed E-state index contributed by atoms with van der Waals surface area (Å²) < 4.78 is 6.93. The normalized spacial score (nSPS) is 13.6. The standard InChI is InChI=1S/C14H17BN4O4/c16-6-4-11-8-19(18-17-11)7-10-2-1-9-3-5-15(22)23-13(9)12(10)14(20)21/h1-2,8,22H,3-7,16H2,(H,20,21). The van der Waals surface area contributed by atoms with Crippen LogP contribution in [0.4, 0.5) is 0 Å². The average molecular weight is 316 g/mol. The highest BCUT2D eigenvalue weighted by atomic mass is 16.5. The number of aromatic nitrogens is 3. The Morgan fingerprint density at radius 2 is 2.30 bits per heavy atom. The maximum atomic E-state index is 11.7. The summed E-state index contributed by atoms with van der Waals surface area (Å²) in [7, 11) is -0.974. The van der Waals surface area contributed by atoms with Gasteiger partial charge in [-0.25, -0.2) is 9.48 Å². The molecule has 0 saturated carbocycles. The Morgan fingerprint density at radius 1 is 1.48 bits per heavy atom. The van der Waals surface area contributed by atoms with Crippen molar-refractivity contribution < 1.29 is 19.6 Å². The third-order valence-corrected chi connectivity index (χ3v) is 3.77. The summed E-state index contributed by atoms with van der Waals surface area (Å²) in [5.41, 5.74) is 7.65. The largest absolute Gasteiger partial charge is 0.535 e. The second kappa shape index (κ2) is 6.39. The van der Waals surface area contributed by atoms with Crippen LogP contribution in [-0.4, -0.2) is 44.8 Å². The number of carboxylic acids is 1. The van der Waals surface area contributed by atoms with Gasteiger partial charge in [0.1, 0.15) is 11.3 Å². The Labute approximate surface area is 133 Å². The number of nitrogens with two attached hydrogens (primary N) is 1. The molecule has 0 atom stereocenters. The molecule has 1 aliphatic rings. The number of carbonyl (C=O) groups is 1. The second-order valence-corrected chi connectivity index (χ2v) is 5.45. The molecule has 1 aromatic carbocycles. The number of fused-ring (bicyclic) bond motifs is 1. The molecule has 23 heavy (non-hydrogen) atoms. The fourth-order valence-electron chi connectivity index (χ4n) is 2.69. The maximum absolute atomic E-state index is 11.7. The molecule has 0 spiro atoms. The van der Waals surface area contributed by atoms with Crippen LogP contribution in [-0.2, 0) is 19.4 Å². The number of hydrogen-bond acceptors (Lipinski definition) is 6. The van der Waals surface area contributed by atoms with Gasteiger partial charge in [-0.05, 0) is 30.4 Å². The van der Waals surface area contributed by atoms with Crippen LogP contribution in [0.1, 0.15) is 27.2 Å². The van der Waals surface area contributed by atoms with E-state index in [2.05, 4.69) is 10.3 Å². The lowest BCUT2D eigenvalue weighted by atomic mass is 9.78. The van der Waals surface area contributed by atoms with Crippen molar-refractivity contribution in [1.29, 1.82) is 0 Å². The lowest BCUT2D eigenvalue weighted by molar-refractivity contribution is 0.0693. The Hall–Kier alpha value is -2.39. The second-order valence-electron chi connectivity index (χ2n) is 5.45. The number of benzene rings is 1. The number of aryl methyl sites for hydroxylation is 1. The molecule has 120 valence electrons. The average Bonchev–Trinajstić information content (AvgIpc) is 2.94. The van der Waals surface area contributed by atoms with Crippen LogP contribution < -0.4 is 10.4 Å². The Balaban J connectivity index is 1.95. The molecule has 1 aromatic heterocycles. The van der Waals surface area contributed by atoms with Crippen molar-refractivity contribution in [3.05, 3.63) is 40.7 Å². The third-order valence-electron chi connectivity index (χ3n) is 3.77. The molecule has 8 nitrogen and oxygen atoms in total. The monoisotopic (exact) mass is 316 g/mol. The Bertz CT molecular complexity index is 734. The first-order valence-electron chi connectivity index (χ1n) is 7.40. The SMILES string of the molecule is NCCc1cn(Cc2ccc3c(c2C(=O)O)OB(O)CC3)nn1. The van der Waals surface area contributed by atoms with E-state index in [4.69, 9.17) is 10.4 Å². The van der Waals surface area contributed by atoms with Gasteiger partial charge in [0.05, 0.1) is 12.2 Å². The van der Waals surface area contributed by atoms with Gasteiger partial charge < -0.3 is 20.5 Å². The number of rotatable bonds is 5. The highest BCUT2D eigenvalue weighted by Gasteiger charge is 2.29. The van der Waals surface area contributed by atoms with Crippen LogP contribution in [0.2, 0.25) is 6.32 Å². The van der Waals surface area contributed by atoms with Gasteiger partial charge in [-0.2, -0.15) is 0 Å². The minimum absolute atomic E-state index is 0.0668. The smallest absolute Gasteiger partial charge is 0.522 e. The summed E-state index contributed by atoms with van der Waals surface area (Å²) in [6.45, 7) is 0.732. The van der Waals surface area contributed by atoms with E-state index in [-0.39, 0.29) is 17.9 Å². The number of aromatic carboxylic acids is 1. The molecule has 0 fully saturated rings. The predicted octanol–water partition coefficient (Wildman–Crippen LogP) is -0.0588. The summed E-state index contributed by atoms with van der Waals surface area (Å²) in [4.78, 5) is 11.7. The van der Waals surface area contributed by atoms with Crippen LogP contribution in [0, 0.1) is 0 Å². The first kappa shape index (κ1) is 15.5. The molecule has 2 aromatic rings. The fourth-order valence-corrected chi connectivity index (χ4v) is 2.69. The zero-order valence-corrected chi connectivity index (χ0v) is 12.5. The zero-order valence-electron chi connectivity index (χ0n) is 12.5. The van der Waals surface area contributed by atoms with Crippen LogP contribution in [0.15, 0.2) is 18.3 Å². The van der Waals surface area contributed by atoms with E-state index < -0.39 is 13.1 Å². The quantitative estimate of drug-likeness (QED) is 0.660. The molecule has 0 bridgehead atoms. The van der Waals surface area contributed by atoms with Gasteiger partial charge in [0.25, 0.3) is 0 Å². The van der Waals surface area contributed by atoms with Gasteiger partial charge >= 0.3 is 13.1 Å². The molecule has 2 heterocycles. The zero-order chi connectivity index (χ0) is 16.4. The van der Waals surface area contributed by atoms with Crippen molar-refractivity contribution in [1.82, 2.24) is 15.0 Å². The molecule has 1 aliphatic heterocycles. The molecular weight excluding hydrogens is 299 g/mol. The van der Waals surface area contributed by atoms with E-state index >= 15 is 0 Å². The van der Waals surface area contributed by atoms with Crippen molar-refractivity contribution in [2.45, 2.75) is 25.7 Å². The highest BCUT2D eigenvalue weighted by molar-refractivity contribution is 6.44. The predicted molar refractivity (Wildman–Crippen MR) is 82.4 cm³/mol. The van der Waals surface area contributed by atoms with Gasteiger partial charge in [0, 0.05) is 12.6 Å². The Morgan fingerprint density at radius 3 is 3.04 bits per heavy atom. The minimum Gasteiger partial charge on any atom is -0.535 e. The lowest BCUT2D eigenvalue weighted by Crippen LogP contribution is -2.28. The number of nitrogens with zero attached hydrogens (tertiary/aromatic N) is 3. The van der Waals surface area contributed by atoms with Crippen molar-refractivity contribution in [3.8, 4) is 5.75 Å². The number of carboxylic acid groups (broad SMARTS) is 1. The van der Waals surface area contributed by atoms with E-state index in [1.54, 1.807) is 16.9 Å². The molecule has 0 aliphatic carbocycles. The van der Waals surface area contributed by atoms with Gasteiger partial charge in [0.2, 0.25) is 0 Å². The lowest BCUT2D eigenvalue weighted by Gasteiger charge is -2.23. The van der Waals surface area contributed by atoms with E-state index in [0.717, 1.165) is 11.3 Å². The maximum Gasteiger partial charge on any atom is 0.522 e. The molecule has 9 heteroatoms. The van der Waals surface area contributed by atoms with Gasteiger partial charge in [-0.1, -0.05) is 17.3 Å². The summed E-state index contributed by atoms with van der Waals surface area (Å²) in [6.07, 6.45) is 3.40. The van der Waals surface area contributed by atoms with Gasteiger partial charge in [0.15, 0.2) is 0 Å². The van der Waals surface area contributed by atoms with Crippen LogP contribution in [0.5, 0.6) is 5.75 Å². The summed E-state index contributed by atoms with van der Waals surface area (Å²) >= 11 is 0. The first-order valence-corrected chi connectivity index (χ1v) is 7.40. The van der Waals surface area contributed by atoms with Crippen molar-refractivity contribution >= 4 is 13.1 Å². The van der Waals surface area contributed by atoms with Crippen molar-refractivity contribution in [3.63, 3.8) is 0 Å². The van der Waals surface area contributed by atoms with Gasteiger partial charge in [-0.3, -0.25) is 0 Å². The topological polar surface area (TPSA) is 123 Å². The van der Waals surface area contributed by atoms with Crippen molar-refractivity contribution in [2.24, 2.45) is 5.73 Å². The van der Waals surface area contributed by atoms with E-state index in [0.29, 0.717) is 31.3 Å². The Kier molecular flexibility index (Phi) is 4.31. The van der Waals surface area contributed by atoms with E-state index in [9.17, 15) is 14.9 Å². The van der Waals surface area contributed by atoms with Crippen molar-refractivity contribution in [2.75, 3.05) is 6.54 Å². The summed E-state index contributed by atoms with van der Waals surface area (Å²) in [6, 6.07) is 3.59. The van der Waals surface area contributed by atoms with Gasteiger partial charge in [-0.15, -0.1) is 5.10 Å². The van der Waals surface area contributed by atoms with Crippen LogP contribution in [0.3, 0.4) is 0 Å². The molecule has 0 unspecified atom stereocenters. The molecular formula is C14H17BN4O4. The summed E-state index contributed by atoms with van der Waals surface area (Å²) in [5.74, 6) is -0.843. The number of hydrogen-bond donors (Lipinski definition) is 3.